The lowest BCUT2D eigenvalue weighted by Crippen LogP contribution is -2.18. The Morgan fingerprint density at radius 3 is 2.50 bits per heavy atom. The van der Waals surface area contributed by atoms with E-state index in [0.29, 0.717) is 21.9 Å². The van der Waals surface area contributed by atoms with Gasteiger partial charge in [-0.3, -0.25) is 0 Å². The van der Waals surface area contributed by atoms with E-state index in [1.54, 1.807) is 25.1 Å². The van der Waals surface area contributed by atoms with Crippen molar-refractivity contribution in [1.82, 2.24) is 9.55 Å². The molecular weight excluding hydrogens is 312 g/mol. The molecule has 2 nitrogen and oxygen atoms in total. The van der Waals surface area contributed by atoms with E-state index in [9.17, 15) is 13.2 Å². The van der Waals surface area contributed by atoms with E-state index >= 15 is 0 Å². The summed E-state index contributed by atoms with van der Waals surface area (Å²) >= 11 is 11.9. The number of nitrogens with zero attached hydrogens (tertiary/aromatic N) is 2. The minimum atomic E-state index is -4.24. The third-order valence-corrected chi connectivity index (χ3v) is 3.43. The smallest absolute Gasteiger partial charge is 0.324 e. The summed E-state index contributed by atoms with van der Waals surface area (Å²) in [4.78, 5) is 4.30. The van der Waals surface area contributed by atoms with E-state index in [4.69, 9.17) is 23.2 Å². The largest absolute Gasteiger partial charge is 0.391 e. The predicted molar refractivity (Wildman–Crippen MR) is 74.4 cm³/mol. The number of alkyl halides is 4. The molecule has 2 unspecified atom stereocenters. The fourth-order valence-corrected chi connectivity index (χ4v) is 2.58. The molecule has 7 heteroatoms. The number of hydrogen-bond acceptors (Lipinski definition) is 1. The van der Waals surface area contributed by atoms with Gasteiger partial charge in [-0.05, 0) is 32.0 Å². The number of benzene rings is 1. The molecule has 110 valence electrons. The Bertz CT molecular complexity index is 620. The van der Waals surface area contributed by atoms with Crippen molar-refractivity contribution in [2.24, 2.45) is 0 Å². The Hall–Kier alpha value is -0.940. The van der Waals surface area contributed by atoms with Crippen LogP contribution in [0.3, 0.4) is 0 Å². The summed E-state index contributed by atoms with van der Waals surface area (Å²) in [5.74, 6) is 0.417. The highest BCUT2D eigenvalue weighted by Gasteiger charge is 2.32. The molecule has 0 fully saturated rings. The number of hydrogen-bond donors (Lipinski definition) is 0. The van der Waals surface area contributed by atoms with Crippen LogP contribution in [0.1, 0.15) is 37.5 Å². The van der Waals surface area contributed by atoms with Crippen LogP contribution >= 0.6 is 23.2 Å². The van der Waals surface area contributed by atoms with E-state index in [1.807, 2.05) is 0 Å². The minimum absolute atomic E-state index is 0.417. The first-order valence-corrected chi connectivity index (χ1v) is 6.88. The topological polar surface area (TPSA) is 17.8 Å². The molecule has 20 heavy (non-hydrogen) atoms. The summed E-state index contributed by atoms with van der Waals surface area (Å²) in [6.45, 7) is 3.19. The van der Waals surface area contributed by atoms with E-state index in [-0.39, 0.29) is 0 Å². The molecular formula is C13H13Cl2F3N2. The first-order chi connectivity index (χ1) is 9.19. The highest BCUT2D eigenvalue weighted by molar-refractivity contribution is 6.31. The minimum Gasteiger partial charge on any atom is -0.324 e. The second-order valence-corrected chi connectivity index (χ2v) is 5.85. The van der Waals surface area contributed by atoms with Crippen LogP contribution in [0.5, 0.6) is 0 Å². The van der Waals surface area contributed by atoms with Crippen LogP contribution in [0, 0.1) is 0 Å². The maximum absolute atomic E-state index is 12.6. The van der Waals surface area contributed by atoms with E-state index < -0.39 is 24.0 Å². The molecule has 0 aliphatic heterocycles. The molecule has 2 atom stereocenters. The lowest BCUT2D eigenvalue weighted by atomic mass is 10.2. The van der Waals surface area contributed by atoms with Gasteiger partial charge in [-0.2, -0.15) is 13.2 Å². The SMILES string of the molecule is CC(Cl)c1nc2cc(Cl)ccc2n1C(C)CC(F)(F)F. The molecule has 0 saturated carbocycles. The Labute approximate surface area is 124 Å². The van der Waals surface area contributed by atoms with Gasteiger partial charge in [0.1, 0.15) is 5.82 Å². The van der Waals surface area contributed by atoms with Crippen LogP contribution < -0.4 is 0 Å². The summed E-state index contributed by atoms with van der Waals surface area (Å²) in [5.41, 5.74) is 1.16. The highest BCUT2D eigenvalue weighted by Crippen LogP contribution is 2.34. The van der Waals surface area contributed by atoms with Gasteiger partial charge >= 0.3 is 6.18 Å². The Morgan fingerprint density at radius 2 is 1.95 bits per heavy atom. The summed E-state index contributed by atoms with van der Waals surface area (Å²) < 4.78 is 39.4. The van der Waals surface area contributed by atoms with Crippen LogP contribution in [0.15, 0.2) is 18.2 Å². The molecule has 1 aromatic carbocycles. The van der Waals surface area contributed by atoms with Gasteiger partial charge in [0, 0.05) is 11.1 Å². The van der Waals surface area contributed by atoms with Crippen molar-refractivity contribution in [2.75, 3.05) is 0 Å². The molecule has 0 aliphatic rings. The van der Waals surface area contributed by atoms with Gasteiger partial charge in [0.05, 0.1) is 22.8 Å². The zero-order valence-electron chi connectivity index (χ0n) is 10.9. The van der Waals surface area contributed by atoms with Gasteiger partial charge in [0.15, 0.2) is 0 Å². The quantitative estimate of drug-likeness (QED) is 0.681. The van der Waals surface area contributed by atoms with Crippen molar-refractivity contribution in [2.45, 2.75) is 37.9 Å². The standard InChI is InChI=1S/C13H13Cl2F3N2/c1-7(6-13(16,17)18)20-11-4-3-9(15)5-10(11)19-12(20)8(2)14/h3-5,7-8H,6H2,1-2H3. The fraction of sp³-hybridized carbons (Fsp3) is 0.462. The van der Waals surface area contributed by atoms with Crippen molar-refractivity contribution >= 4 is 34.2 Å². The third kappa shape index (κ3) is 3.20. The van der Waals surface area contributed by atoms with Crippen molar-refractivity contribution in [3.05, 3.63) is 29.0 Å². The molecule has 0 saturated heterocycles. The maximum Gasteiger partial charge on any atom is 0.391 e. The zero-order chi connectivity index (χ0) is 15.1. The molecule has 2 rings (SSSR count). The van der Waals surface area contributed by atoms with Crippen molar-refractivity contribution in [3.63, 3.8) is 0 Å². The third-order valence-electron chi connectivity index (χ3n) is 3.00. The average Bonchev–Trinajstić information content (AvgIpc) is 2.64. The number of rotatable bonds is 3. The Balaban J connectivity index is 2.57. The van der Waals surface area contributed by atoms with Crippen LogP contribution in [0.4, 0.5) is 13.2 Å². The molecule has 2 aromatic rings. The lowest BCUT2D eigenvalue weighted by Gasteiger charge is -2.20. The summed E-state index contributed by atoms with van der Waals surface area (Å²) in [7, 11) is 0. The maximum atomic E-state index is 12.6. The van der Waals surface area contributed by atoms with Crippen LogP contribution in [-0.4, -0.2) is 15.7 Å². The van der Waals surface area contributed by atoms with Crippen LogP contribution in [0.25, 0.3) is 11.0 Å². The number of aromatic nitrogens is 2. The first kappa shape index (κ1) is 15.4. The van der Waals surface area contributed by atoms with Crippen LogP contribution in [0.2, 0.25) is 5.02 Å². The highest BCUT2D eigenvalue weighted by atomic mass is 35.5. The average molecular weight is 325 g/mol. The zero-order valence-corrected chi connectivity index (χ0v) is 12.4. The molecule has 0 aliphatic carbocycles. The predicted octanol–water partition coefficient (Wildman–Crippen LogP) is 5.50. The van der Waals surface area contributed by atoms with Gasteiger partial charge in [0.25, 0.3) is 0 Å². The molecule has 1 heterocycles. The van der Waals surface area contributed by atoms with Crippen molar-refractivity contribution in [1.29, 1.82) is 0 Å². The number of imidazole rings is 1. The summed E-state index contributed by atoms with van der Waals surface area (Å²) in [6.07, 6.45) is -5.17. The second-order valence-electron chi connectivity index (χ2n) is 4.76. The normalized spacial score (nSPS) is 15.6. The summed E-state index contributed by atoms with van der Waals surface area (Å²) in [6, 6.07) is 4.14. The van der Waals surface area contributed by atoms with Gasteiger partial charge in [0.2, 0.25) is 0 Å². The first-order valence-electron chi connectivity index (χ1n) is 6.07. The van der Waals surface area contributed by atoms with Crippen molar-refractivity contribution < 1.29 is 13.2 Å². The van der Waals surface area contributed by atoms with E-state index in [1.165, 1.54) is 11.5 Å². The number of halogens is 5. The van der Waals surface area contributed by atoms with E-state index in [0.717, 1.165) is 0 Å². The lowest BCUT2D eigenvalue weighted by molar-refractivity contribution is -0.141. The summed E-state index contributed by atoms with van der Waals surface area (Å²) in [5, 5.41) is -0.00346. The fourth-order valence-electron chi connectivity index (χ4n) is 2.26. The Morgan fingerprint density at radius 1 is 1.30 bits per heavy atom. The van der Waals surface area contributed by atoms with Gasteiger partial charge in [-0.15, -0.1) is 11.6 Å². The van der Waals surface area contributed by atoms with Gasteiger partial charge in [-0.1, -0.05) is 11.6 Å². The van der Waals surface area contributed by atoms with Crippen molar-refractivity contribution in [3.8, 4) is 0 Å². The Kier molecular flexibility index (Phi) is 4.21. The monoisotopic (exact) mass is 324 g/mol. The van der Waals surface area contributed by atoms with E-state index in [2.05, 4.69) is 4.98 Å². The molecule has 0 radical (unpaired) electrons. The number of fused-ring (bicyclic) bond motifs is 1. The molecule has 0 N–H and O–H groups in total. The van der Waals surface area contributed by atoms with Gasteiger partial charge < -0.3 is 4.57 Å². The van der Waals surface area contributed by atoms with Gasteiger partial charge in [-0.25, -0.2) is 4.98 Å². The molecule has 0 bridgehead atoms. The molecule has 0 spiro atoms. The molecule has 0 amide bonds. The molecule has 1 aromatic heterocycles. The second kappa shape index (κ2) is 5.45. The van der Waals surface area contributed by atoms with Crippen LogP contribution in [-0.2, 0) is 0 Å².